The van der Waals surface area contributed by atoms with E-state index >= 15 is 0 Å². The third-order valence-electron chi connectivity index (χ3n) is 4.59. The number of benzene rings is 1. The van der Waals surface area contributed by atoms with Crippen molar-refractivity contribution in [2.24, 2.45) is 18.7 Å². The molecular weight excluding hydrogens is 392 g/mol. The maximum absolute atomic E-state index is 12.6. The van der Waals surface area contributed by atoms with Crippen LogP contribution in [0.15, 0.2) is 34.6 Å². The van der Waals surface area contributed by atoms with E-state index in [1.165, 1.54) is 12.4 Å². The summed E-state index contributed by atoms with van der Waals surface area (Å²) in [6.45, 7) is 2.24. The van der Waals surface area contributed by atoms with Gasteiger partial charge in [-0.15, -0.1) is 22.6 Å². The molecule has 1 heterocycles. The first-order valence-electron chi connectivity index (χ1n) is 8.17. The van der Waals surface area contributed by atoms with E-state index in [2.05, 4.69) is 15.5 Å². The van der Waals surface area contributed by atoms with E-state index in [-0.39, 0.29) is 29.6 Å². The third-order valence-corrected chi connectivity index (χ3v) is 5.71. The van der Waals surface area contributed by atoms with Crippen LogP contribution >= 0.6 is 24.2 Å². The van der Waals surface area contributed by atoms with Crippen molar-refractivity contribution >= 4 is 35.8 Å². The summed E-state index contributed by atoms with van der Waals surface area (Å²) in [4.78, 5) is 23.9. The Morgan fingerprint density at radius 1 is 1.52 bits per heavy atom. The van der Waals surface area contributed by atoms with Crippen molar-refractivity contribution in [3.05, 3.63) is 40.2 Å². The number of nitro benzene ring substituents is 1. The van der Waals surface area contributed by atoms with E-state index in [4.69, 9.17) is 5.73 Å². The van der Waals surface area contributed by atoms with E-state index in [0.717, 1.165) is 24.6 Å². The van der Waals surface area contributed by atoms with Gasteiger partial charge in [-0.3, -0.25) is 14.9 Å². The van der Waals surface area contributed by atoms with Crippen LogP contribution in [0, 0.1) is 16.0 Å². The van der Waals surface area contributed by atoms with Crippen molar-refractivity contribution in [3.8, 4) is 0 Å². The molecule has 1 aromatic carbocycles. The quantitative estimate of drug-likeness (QED) is 0.526. The number of nitro groups is 1. The fourth-order valence-corrected chi connectivity index (χ4v) is 3.57. The van der Waals surface area contributed by atoms with Crippen molar-refractivity contribution < 1.29 is 9.72 Å². The molecule has 1 amide bonds. The first-order valence-corrected chi connectivity index (χ1v) is 8.98. The number of aromatic nitrogens is 3. The van der Waals surface area contributed by atoms with Gasteiger partial charge in [-0.25, -0.2) is 0 Å². The molecule has 1 saturated carbocycles. The summed E-state index contributed by atoms with van der Waals surface area (Å²) in [5.41, 5.74) is 5.43. The Balaban J connectivity index is 0.00000261. The SMILES string of the molecule is Cl.Cn1cnnc1Sc1ccc(C(=O)NC(C)(CN)C2CC2)cc1[N+](=O)[O-]. The molecule has 0 saturated heterocycles. The molecular formula is C16H21ClN6O3S. The lowest BCUT2D eigenvalue weighted by Crippen LogP contribution is -2.53. The second-order valence-corrected chi connectivity index (χ2v) is 7.63. The number of rotatable bonds is 7. The van der Waals surface area contributed by atoms with Crippen molar-refractivity contribution in [2.45, 2.75) is 35.4 Å². The molecule has 0 spiro atoms. The zero-order valence-electron chi connectivity index (χ0n) is 14.9. The monoisotopic (exact) mass is 412 g/mol. The van der Waals surface area contributed by atoms with Crippen LogP contribution in [0.3, 0.4) is 0 Å². The zero-order valence-corrected chi connectivity index (χ0v) is 16.5. The van der Waals surface area contributed by atoms with Gasteiger partial charge in [-0.05, 0) is 49.6 Å². The number of amides is 1. The summed E-state index contributed by atoms with van der Waals surface area (Å²) < 4.78 is 1.66. The highest BCUT2D eigenvalue weighted by atomic mass is 35.5. The predicted molar refractivity (Wildman–Crippen MR) is 103 cm³/mol. The number of nitrogens with zero attached hydrogens (tertiary/aromatic N) is 4. The molecule has 27 heavy (non-hydrogen) atoms. The Morgan fingerprint density at radius 3 is 2.74 bits per heavy atom. The lowest BCUT2D eigenvalue weighted by Gasteiger charge is -2.29. The third kappa shape index (κ3) is 4.57. The maximum atomic E-state index is 12.6. The molecule has 1 aliphatic rings. The van der Waals surface area contributed by atoms with Crippen molar-refractivity contribution in [1.82, 2.24) is 20.1 Å². The average molecular weight is 413 g/mol. The molecule has 1 aliphatic carbocycles. The molecule has 1 atom stereocenters. The number of nitrogens with one attached hydrogen (secondary N) is 1. The van der Waals surface area contributed by atoms with Crippen LogP contribution < -0.4 is 11.1 Å². The van der Waals surface area contributed by atoms with E-state index in [0.29, 0.717) is 22.5 Å². The van der Waals surface area contributed by atoms with Crippen LogP contribution in [0.2, 0.25) is 0 Å². The maximum Gasteiger partial charge on any atom is 0.284 e. The van der Waals surface area contributed by atoms with Gasteiger partial charge in [0, 0.05) is 25.2 Å². The zero-order chi connectivity index (χ0) is 18.9. The fraction of sp³-hybridized carbons (Fsp3) is 0.438. The van der Waals surface area contributed by atoms with Gasteiger partial charge in [0.1, 0.15) is 6.33 Å². The van der Waals surface area contributed by atoms with E-state index in [1.807, 2.05) is 6.92 Å². The molecule has 0 aliphatic heterocycles. The lowest BCUT2D eigenvalue weighted by molar-refractivity contribution is -0.387. The van der Waals surface area contributed by atoms with E-state index < -0.39 is 10.5 Å². The van der Waals surface area contributed by atoms with Crippen LogP contribution in [-0.4, -0.2) is 37.7 Å². The molecule has 2 aromatic rings. The summed E-state index contributed by atoms with van der Waals surface area (Å²) in [5.74, 6) is 0.000313. The molecule has 146 valence electrons. The Bertz CT molecular complexity index is 856. The summed E-state index contributed by atoms with van der Waals surface area (Å²) in [5, 5.41) is 22.6. The molecule has 3 N–H and O–H groups in total. The molecule has 9 nitrogen and oxygen atoms in total. The number of hydrogen-bond acceptors (Lipinski definition) is 7. The number of nitrogens with two attached hydrogens (primary N) is 1. The minimum atomic E-state index is -0.501. The van der Waals surface area contributed by atoms with Crippen LogP contribution in [0.4, 0.5) is 5.69 Å². The van der Waals surface area contributed by atoms with Crippen LogP contribution in [0.5, 0.6) is 0 Å². The average Bonchev–Trinajstić information content (AvgIpc) is 3.40. The Morgan fingerprint density at radius 2 is 2.22 bits per heavy atom. The van der Waals surface area contributed by atoms with Gasteiger partial charge in [0.15, 0.2) is 5.16 Å². The molecule has 1 fully saturated rings. The second kappa shape index (κ2) is 8.24. The van der Waals surface area contributed by atoms with Gasteiger partial charge in [0.25, 0.3) is 11.6 Å². The Hall–Kier alpha value is -2.17. The minimum Gasteiger partial charge on any atom is -0.345 e. The van der Waals surface area contributed by atoms with Crippen LogP contribution in [-0.2, 0) is 7.05 Å². The first-order chi connectivity index (χ1) is 12.3. The van der Waals surface area contributed by atoms with Crippen molar-refractivity contribution in [3.63, 3.8) is 0 Å². The molecule has 11 heteroatoms. The van der Waals surface area contributed by atoms with Crippen molar-refractivity contribution in [1.29, 1.82) is 0 Å². The summed E-state index contributed by atoms with van der Waals surface area (Å²) >= 11 is 1.12. The van der Waals surface area contributed by atoms with Gasteiger partial charge in [0.05, 0.1) is 15.4 Å². The van der Waals surface area contributed by atoms with Gasteiger partial charge in [-0.2, -0.15) is 0 Å². The molecule has 1 aromatic heterocycles. The molecule has 0 radical (unpaired) electrons. The van der Waals surface area contributed by atoms with Gasteiger partial charge < -0.3 is 15.6 Å². The number of carbonyl (C=O) groups is 1. The highest BCUT2D eigenvalue weighted by molar-refractivity contribution is 7.99. The topological polar surface area (TPSA) is 129 Å². The normalized spacial score (nSPS) is 15.5. The summed E-state index contributed by atoms with van der Waals surface area (Å²) in [6.07, 6.45) is 3.57. The highest BCUT2D eigenvalue weighted by Crippen LogP contribution is 2.39. The largest absolute Gasteiger partial charge is 0.345 e. The van der Waals surface area contributed by atoms with Gasteiger partial charge in [-0.1, -0.05) is 0 Å². The van der Waals surface area contributed by atoms with Crippen LogP contribution in [0.25, 0.3) is 0 Å². The minimum absolute atomic E-state index is 0. The number of carbonyl (C=O) groups excluding carboxylic acids is 1. The number of aryl methyl sites for hydroxylation is 1. The second-order valence-electron chi connectivity index (χ2n) is 6.62. The van der Waals surface area contributed by atoms with E-state index in [9.17, 15) is 14.9 Å². The highest BCUT2D eigenvalue weighted by Gasteiger charge is 2.41. The first kappa shape index (κ1) is 21.1. The predicted octanol–water partition coefficient (Wildman–Crippen LogP) is 2.15. The van der Waals surface area contributed by atoms with Crippen LogP contribution in [0.1, 0.15) is 30.1 Å². The number of hydrogen-bond donors (Lipinski definition) is 2. The smallest absolute Gasteiger partial charge is 0.284 e. The molecule has 0 bridgehead atoms. The van der Waals surface area contributed by atoms with Gasteiger partial charge >= 0.3 is 0 Å². The fourth-order valence-electron chi connectivity index (χ4n) is 2.72. The Labute approximate surface area is 166 Å². The lowest BCUT2D eigenvalue weighted by atomic mass is 9.95. The van der Waals surface area contributed by atoms with Gasteiger partial charge in [0.2, 0.25) is 0 Å². The summed E-state index contributed by atoms with van der Waals surface area (Å²) in [6, 6.07) is 4.42. The van der Waals surface area contributed by atoms with E-state index in [1.54, 1.807) is 23.7 Å². The van der Waals surface area contributed by atoms with Crippen molar-refractivity contribution in [2.75, 3.05) is 6.54 Å². The summed E-state index contributed by atoms with van der Waals surface area (Å²) in [7, 11) is 1.75. The number of halogens is 1. The Kier molecular flexibility index (Phi) is 6.45. The molecule has 3 rings (SSSR count). The standard InChI is InChI=1S/C16H20N6O3S.ClH/c1-16(8-17,11-4-5-11)19-14(23)10-3-6-13(12(7-10)22(24)25)26-15-20-18-9-21(15)2;/h3,6-7,9,11H,4-5,8,17H2,1-2H3,(H,19,23);1H. The molecule has 1 unspecified atom stereocenters.